The number of amides is 2. The molecule has 182 valence electrons. The maximum Gasteiger partial charge on any atom is 0.255 e. The zero-order valence-corrected chi connectivity index (χ0v) is 20.7. The highest BCUT2D eigenvalue weighted by Gasteiger charge is 2.12. The molecular formula is C30H28N2O4. The minimum atomic E-state index is -0.197. The second-order valence-corrected chi connectivity index (χ2v) is 8.43. The van der Waals surface area contributed by atoms with Gasteiger partial charge >= 0.3 is 0 Å². The molecule has 36 heavy (non-hydrogen) atoms. The normalized spacial score (nSPS) is 10.4. The minimum Gasteiger partial charge on any atom is -0.497 e. The lowest BCUT2D eigenvalue weighted by atomic mass is 9.99. The molecule has 0 saturated heterocycles. The maximum absolute atomic E-state index is 12.7. The van der Waals surface area contributed by atoms with E-state index in [0.717, 1.165) is 33.6 Å². The van der Waals surface area contributed by atoms with Crippen molar-refractivity contribution in [3.05, 3.63) is 107 Å². The van der Waals surface area contributed by atoms with Crippen molar-refractivity contribution >= 4 is 23.2 Å². The zero-order valence-electron chi connectivity index (χ0n) is 20.7. The van der Waals surface area contributed by atoms with Crippen LogP contribution in [0.25, 0.3) is 11.1 Å². The van der Waals surface area contributed by atoms with Crippen molar-refractivity contribution in [2.24, 2.45) is 0 Å². The van der Waals surface area contributed by atoms with Crippen LogP contribution >= 0.6 is 0 Å². The lowest BCUT2D eigenvalue weighted by Crippen LogP contribution is -2.13. The Hall–Kier alpha value is -4.58. The third-order valence-electron chi connectivity index (χ3n) is 5.95. The average Bonchev–Trinajstić information content (AvgIpc) is 2.90. The lowest BCUT2D eigenvalue weighted by Gasteiger charge is -2.13. The molecule has 2 amide bonds. The number of methoxy groups -OCH3 is 2. The number of rotatable bonds is 7. The van der Waals surface area contributed by atoms with E-state index in [2.05, 4.69) is 10.6 Å². The van der Waals surface area contributed by atoms with Crippen molar-refractivity contribution in [3.8, 4) is 22.6 Å². The van der Waals surface area contributed by atoms with Gasteiger partial charge in [-0.3, -0.25) is 9.59 Å². The van der Waals surface area contributed by atoms with Gasteiger partial charge in [0.25, 0.3) is 11.8 Å². The number of ether oxygens (including phenoxy) is 2. The molecule has 0 radical (unpaired) electrons. The topological polar surface area (TPSA) is 76.7 Å². The van der Waals surface area contributed by atoms with Crippen LogP contribution in [0.5, 0.6) is 11.5 Å². The summed E-state index contributed by atoms with van der Waals surface area (Å²) in [5.74, 6) is 0.870. The predicted octanol–water partition coefficient (Wildman–Crippen LogP) is 6.49. The molecule has 4 aromatic rings. The fourth-order valence-electron chi connectivity index (χ4n) is 3.88. The molecule has 4 aromatic carbocycles. The molecule has 0 bridgehead atoms. The van der Waals surface area contributed by atoms with E-state index in [4.69, 9.17) is 9.47 Å². The van der Waals surface area contributed by atoms with E-state index in [-0.39, 0.29) is 11.8 Å². The van der Waals surface area contributed by atoms with Gasteiger partial charge in [-0.25, -0.2) is 0 Å². The summed E-state index contributed by atoms with van der Waals surface area (Å²) >= 11 is 0. The fourth-order valence-corrected chi connectivity index (χ4v) is 3.88. The van der Waals surface area contributed by atoms with Crippen LogP contribution in [0.1, 0.15) is 31.8 Å². The first-order chi connectivity index (χ1) is 17.4. The Morgan fingerprint density at radius 2 is 1.00 bits per heavy atom. The number of hydrogen-bond acceptors (Lipinski definition) is 4. The number of carbonyl (C=O) groups excluding carboxylic acids is 2. The van der Waals surface area contributed by atoms with Crippen molar-refractivity contribution in [3.63, 3.8) is 0 Å². The van der Waals surface area contributed by atoms with Gasteiger partial charge in [-0.1, -0.05) is 24.3 Å². The van der Waals surface area contributed by atoms with Gasteiger partial charge in [-0.2, -0.15) is 0 Å². The summed E-state index contributed by atoms with van der Waals surface area (Å²) in [6, 6.07) is 25.9. The summed E-state index contributed by atoms with van der Waals surface area (Å²) in [5.41, 5.74) is 6.45. The van der Waals surface area contributed by atoms with E-state index in [1.165, 1.54) is 0 Å². The Morgan fingerprint density at radius 1 is 0.583 bits per heavy atom. The molecule has 6 heteroatoms. The standard InChI is InChI=1S/C30H28N2O4/c1-19-15-21(11-13-27(19)31-29(33)23-7-5-9-25(17-23)35-3)22-12-14-28(20(2)16-22)32-30(34)24-8-6-10-26(18-24)36-4/h5-18H,1-4H3,(H,31,33)(H,32,34). The number of carbonyl (C=O) groups is 2. The van der Waals surface area contributed by atoms with E-state index in [0.29, 0.717) is 22.6 Å². The van der Waals surface area contributed by atoms with Crippen molar-refractivity contribution in [1.29, 1.82) is 0 Å². The van der Waals surface area contributed by atoms with Gasteiger partial charge in [0.1, 0.15) is 11.5 Å². The molecule has 0 unspecified atom stereocenters. The SMILES string of the molecule is COc1cccc(C(=O)Nc2ccc(-c3ccc(NC(=O)c4cccc(OC)c4)c(C)c3)cc2C)c1. The molecule has 0 aromatic heterocycles. The molecule has 0 atom stereocenters. The molecule has 2 N–H and O–H groups in total. The Bertz CT molecular complexity index is 1320. The van der Waals surface area contributed by atoms with Crippen LogP contribution in [0.4, 0.5) is 11.4 Å². The number of aryl methyl sites for hydroxylation is 2. The highest BCUT2D eigenvalue weighted by Crippen LogP contribution is 2.29. The van der Waals surface area contributed by atoms with Crippen molar-refractivity contribution in [2.45, 2.75) is 13.8 Å². The first-order valence-electron chi connectivity index (χ1n) is 11.5. The Labute approximate surface area is 210 Å². The molecule has 4 rings (SSSR count). The summed E-state index contributed by atoms with van der Waals surface area (Å²) in [7, 11) is 3.14. The van der Waals surface area contributed by atoms with Crippen LogP contribution in [0.15, 0.2) is 84.9 Å². The van der Waals surface area contributed by atoms with Gasteiger partial charge in [0, 0.05) is 22.5 Å². The highest BCUT2D eigenvalue weighted by molar-refractivity contribution is 6.05. The molecule has 0 heterocycles. The van der Waals surface area contributed by atoms with Crippen molar-refractivity contribution in [2.75, 3.05) is 24.9 Å². The maximum atomic E-state index is 12.7. The minimum absolute atomic E-state index is 0.197. The molecule has 6 nitrogen and oxygen atoms in total. The quantitative estimate of drug-likeness (QED) is 0.317. The lowest BCUT2D eigenvalue weighted by molar-refractivity contribution is 0.101. The first kappa shape index (κ1) is 24.5. The Kier molecular flexibility index (Phi) is 7.35. The number of hydrogen-bond donors (Lipinski definition) is 2. The smallest absolute Gasteiger partial charge is 0.255 e. The van der Waals surface area contributed by atoms with E-state index < -0.39 is 0 Å². The number of anilines is 2. The third-order valence-corrected chi connectivity index (χ3v) is 5.95. The number of benzene rings is 4. The van der Waals surface area contributed by atoms with Crippen molar-refractivity contribution in [1.82, 2.24) is 0 Å². The van der Waals surface area contributed by atoms with Gasteiger partial charge in [-0.15, -0.1) is 0 Å². The van der Waals surface area contributed by atoms with E-state index >= 15 is 0 Å². The summed E-state index contributed by atoms with van der Waals surface area (Å²) in [6.07, 6.45) is 0. The monoisotopic (exact) mass is 480 g/mol. The van der Waals surface area contributed by atoms with Crippen molar-refractivity contribution < 1.29 is 19.1 Å². The average molecular weight is 481 g/mol. The van der Waals surface area contributed by atoms with Crippen LogP contribution in [-0.4, -0.2) is 26.0 Å². The third kappa shape index (κ3) is 5.55. The van der Waals surface area contributed by atoms with Gasteiger partial charge in [0.15, 0.2) is 0 Å². The van der Waals surface area contributed by atoms with Crippen LogP contribution in [0.3, 0.4) is 0 Å². The Balaban J connectivity index is 1.48. The highest BCUT2D eigenvalue weighted by atomic mass is 16.5. The van der Waals surface area contributed by atoms with Gasteiger partial charge in [0.05, 0.1) is 14.2 Å². The number of nitrogens with one attached hydrogen (secondary N) is 2. The predicted molar refractivity (Wildman–Crippen MR) is 143 cm³/mol. The fraction of sp³-hybridized carbons (Fsp3) is 0.133. The second kappa shape index (κ2) is 10.8. The van der Waals surface area contributed by atoms with Gasteiger partial charge in [0.2, 0.25) is 0 Å². The molecule has 0 aliphatic carbocycles. The first-order valence-corrected chi connectivity index (χ1v) is 11.5. The summed E-state index contributed by atoms with van der Waals surface area (Å²) in [6.45, 7) is 3.92. The molecule has 0 aliphatic rings. The molecule has 0 aliphatic heterocycles. The van der Waals surface area contributed by atoms with Crippen LogP contribution in [0, 0.1) is 13.8 Å². The summed E-state index contributed by atoms with van der Waals surface area (Å²) in [5, 5.41) is 5.94. The zero-order chi connectivity index (χ0) is 25.7. The molecule has 0 fully saturated rings. The second-order valence-electron chi connectivity index (χ2n) is 8.43. The van der Waals surface area contributed by atoms with Gasteiger partial charge in [-0.05, 0) is 96.8 Å². The van der Waals surface area contributed by atoms with Crippen LogP contribution < -0.4 is 20.1 Å². The molecule has 0 saturated carbocycles. The van der Waals surface area contributed by atoms with E-state index in [9.17, 15) is 9.59 Å². The molecular weight excluding hydrogens is 452 g/mol. The van der Waals surface area contributed by atoms with E-state index in [1.807, 2.05) is 50.2 Å². The van der Waals surface area contributed by atoms with Crippen LogP contribution in [-0.2, 0) is 0 Å². The molecule has 0 spiro atoms. The summed E-state index contributed by atoms with van der Waals surface area (Å²) < 4.78 is 10.4. The largest absolute Gasteiger partial charge is 0.497 e. The van der Waals surface area contributed by atoms with Gasteiger partial charge < -0.3 is 20.1 Å². The Morgan fingerprint density at radius 3 is 1.36 bits per heavy atom. The van der Waals surface area contributed by atoms with E-state index in [1.54, 1.807) is 62.8 Å². The summed E-state index contributed by atoms with van der Waals surface area (Å²) in [4.78, 5) is 25.4. The van der Waals surface area contributed by atoms with Crippen LogP contribution in [0.2, 0.25) is 0 Å².